The average molecular weight is 244 g/mol. The van der Waals surface area contributed by atoms with Crippen LogP contribution in [0.1, 0.15) is 25.7 Å². The van der Waals surface area contributed by atoms with E-state index in [9.17, 15) is 4.79 Å². The Morgan fingerprint density at radius 1 is 1.50 bits per heavy atom. The normalized spacial score (nSPS) is 29.1. The van der Waals surface area contributed by atoms with Gasteiger partial charge in [-0.05, 0) is 37.2 Å². The molecule has 2 heterocycles. The van der Waals surface area contributed by atoms with Crippen LogP contribution >= 0.6 is 11.8 Å². The number of thioether (sulfide) groups is 1. The number of hydrogen-bond donors (Lipinski definition) is 2. The van der Waals surface area contributed by atoms with Crippen molar-refractivity contribution in [2.45, 2.75) is 37.3 Å². The first-order valence-electron chi connectivity index (χ1n) is 5.94. The van der Waals surface area contributed by atoms with Gasteiger partial charge in [0.2, 0.25) is 5.91 Å². The molecular weight excluding hydrogens is 224 g/mol. The van der Waals surface area contributed by atoms with Crippen molar-refractivity contribution in [3.63, 3.8) is 0 Å². The van der Waals surface area contributed by atoms with Crippen LogP contribution in [0.4, 0.5) is 0 Å². The highest BCUT2D eigenvalue weighted by molar-refractivity contribution is 7.99. The summed E-state index contributed by atoms with van der Waals surface area (Å²) in [6, 6.07) is 0.393. The van der Waals surface area contributed by atoms with E-state index in [2.05, 4.69) is 5.32 Å². The molecule has 3 N–H and O–H groups in total. The van der Waals surface area contributed by atoms with E-state index in [1.54, 1.807) is 0 Å². The number of nitrogens with one attached hydrogen (secondary N) is 1. The molecule has 2 fully saturated rings. The highest BCUT2D eigenvalue weighted by atomic mass is 32.2. The van der Waals surface area contributed by atoms with Crippen molar-refractivity contribution in [3.8, 4) is 0 Å². The van der Waals surface area contributed by atoms with Crippen molar-refractivity contribution in [1.29, 1.82) is 0 Å². The second kappa shape index (κ2) is 5.38. The topological polar surface area (TPSA) is 64.4 Å². The molecule has 0 saturated carbocycles. The molecule has 2 aliphatic heterocycles. The molecular formula is C11H20N2O2S. The quantitative estimate of drug-likeness (QED) is 0.759. The Balaban J connectivity index is 1.85. The second-order valence-corrected chi connectivity index (χ2v) is 5.91. The molecule has 2 aliphatic rings. The lowest BCUT2D eigenvalue weighted by Gasteiger charge is -2.43. The van der Waals surface area contributed by atoms with Gasteiger partial charge in [0.25, 0.3) is 0 Å². The summed E-state index contributed by atoms with van der Waals surface area (Å²) in [5.74, 6) is 2.12. The third-order valence-electron chi connectivity index (χ3n) is 3.46. The van der Waals surface area contributed by atoms with Gasteiger partial charge in [0.15, 0.2) is 0 Å². The largest absolute Gasteiger partial charge is 0.375 e. The predicted molar refractivity (Wildman–Crippen MR) is 65.5 cm³/mol. The summed E-state index contributed by atoms with van der Waals surface area (Å²) in [6.45, 7) is 1.09. The van der Waals surface area contributed by atoms with Crippen molar-refractivity contribution in [1.82, 2.24) is 5.32 Å². The summed E-state index contributed by atoms with van der Waals surface area (Å²) < 4.78 is 5.97. The number of rotatable bonds is 3. The number of primary amides is 1. The van der Waals surface area contributed by atoms with Crippen LogP contribution in [0.3, 0.4) is 0 Å². The fourth-order valence-electron chi connectivity index (χ4n) is 2.54. The van der Waals surface area contributed by atoms with Gasteiger partial charge < -0.3 is 15.8 Å². The molecule has 92 valence electrons. The fraction of sp³-hybridized carbons (Fsp3) is 0.909. The van der Waals surface area contributed by atoms with Crippen molar-refractivity contribution in [2.24, 2.45) is 5.73 Å². The van der Waals surface area contributed by atoms with E-state index in [1.165, 1.54) is 11.5 Å². The molecule has 0 aromatic heterocycles. The van der Waals surface area contributed by atoms with Crippen molar-refractivity contribution in [2.75, 3.05) is 24.7 Å². The van der Waals surface area contributed by atoms with E-state index in [1.807, 2.05) is 11.8 Å². The summed E-state index contributed by atoms with van der Waals surface area (Å²) >= 11 is 2.01. The fourth-order valence-corrected chi connectivity index (χ4v) is 3.78. The van der Waals surface area contributed by atoms with E-state index >= 15 is 0 Å². The van der Waals surface area contributed by atoms with Gasteiger partial charge in [0, 0.05) is 12.6 Å². The summed E-state index contributed by atoms with van der Waals surface area (Å²) in [4.78, 5) is 10.7. The van der Waals surface area contributed by atoms with E-state index in [4.69, 9.17) is 10.5 Å². The zero-order chi connectivity index (χ0) is 11.4. The Hall–Kier alpha value is -0.260. The average Bonchev–Trinajstić information content (AvgIpc) is 2.28. The molecule has 1 spiro atoms. The van der Waals surface area contributed by atoms with Crippen LogP contribution in [-0.2, 0) is 9.53 Å². The molecule has 0 radical (unpaired) electrons. The molecule has 1 atom stereocenters. The summed E-state index contributed by atoms with van der Waals surface area (Å²) in [5.41, 5.74) is 5.23. The van der Waals surface area contributed by atoms with Crippen molar-refractivity contribution >= 4 is 17.7 Å². The van der Waals surface area contributed by atoms with Gasteiger partial charge in [-0.15, -0.1) is 0 Å². The van der Waals surface area contributed by atoms with E-state index in [0.717, 1.165) is 32.3 Å². The van der Waals surface area contributed by atoms with Crippen LogP contribution in [0.15, 0.2) is 0 Å². The molecule has 2 rings (SSSR count). The van der Waals surface area contributed by atoms with Crippen LogP contribution < -0.4 is 11.1 Å². The predicted octanol–water partition coefficient (Wildman–Crippen LogP) is 0.506. The maximum absolute atomic E-state index is 10.7. The Labute approximate surface area is 101 Å². The van der Waals surface area contributed by atoms with Gasteiger partial charge >= 0.3 is 0 Å². The van der Waals surface area contributed by atoms with E-state index in [0.29, 0.717) is 6.04 Å². The van der Waals surface area contributed by atoms with Crippen molar-refractivity contribution in [3.05, 3.63) is 0 Å². The van der Waals surface area contributed by atoms with Crippen molar-refractivity contribution < 1.29 is 9.53 Å². The SMILES string of the molecule is NC(=O)CNC1CCOC2(CCSCC2)C1. The van der Waals surface area contributed by atoms with Gasteiger partial charge in [-0.2, -0.15) is 11.8 Å². The molecule has 2 saturated heterocycles. The number of hydrogen-bond acceptors (Lipinski definition) is 4. The monoisotopic (exact) mass is 244 g/mol. The summed E-state index contributed by atoms with van der Waals surface area (Å²) in [7, 11) is 0. The number of amides is 1. The van der Waals surface area contributed by atoms with Gasteiger partial charge in [0.1, 0.15) is 0 Å². The van der Waals surface area contributed by atoms with E-state index in [-0.39, 0.29) is 18.1 Å². The van der Waals surface area contributed by atoms with Gasteiger partial charge in [0.05, 0.1) is 12.1 Å². The highest BCUT2D eigenvalue weighted by Crippen LogP contribution is 2.37. The standard InChI is InChI=1S/C11H20N2O2S/c12-10(14)8-13-9-1-4-15-11(7-9)2-5-16-6-3-11/h9,13H,1-8H2,(H2,12,14). The van der Waals surface area contributed by atoms with Crippen LogP contribution in [0.5, 0.6) is 0 Å². The van der Waals surface area contributed by atoms with Crippen LogP contribution in [0.25, 0.3) is 0 Å². The first-order chi connectivity index (χ1) is 7.70. The Kier molecular flexibility index (Phi) is 4.10. The molecule has 16 heavy (non-hydrogen) atoms. The minimum Gasteiger partial charge on any atom is -0.375 e. The minimum absolute atomic E-state index is 0.0822. The second-order valence-electron chi connectivity index (χ2n) is 4.68. The van der Waals surface area contributed by atoms with Crippen LogP contribution in [-0.4, -0.2) is 42.2 Å². The lowest BCUT2D eigenvalue weighted by molar-refractivity contribution is -0.118. The number of ether oxygens (including phenoxy) is 1. The zero-order valence-electron chi connectivity index (χ0n) is 9.54. The first-order valence-corrected chi connectivity index (χ1v) is 7.09. The maximum Gasteiger partial charge on any atom is 0.231 e. The Morgan fingerprint density at radius 3 is 2.94 bits per heavy atom. The van der Waals surface area contributed by atoms with Gasteiger partial charge in [-0.1, -0.05) is 0 Å². The van der Waals surface area contributed by atoms with Gasteiger partial charge in [-0.3, -0.25) is 4.79 Å². The first kappa shape index (κ1) is 12.2. The lowest BCUT2D eigenvalue weighted by atomic mass is 9.85. The Morgan fingerprint density at radius 2 is 2.25 bits per heavy atom. The number of nitrogens with two attached hydrogens (primary N) is 1. The number of carbonyl (C=O) groups is 1. The molecule has 0 aromatic rings. The summed E-state index contributed by atoms with van der Waals surface area (Å²) in [5, 5.41) is 3.23. The van der Waals surface area contributed by atoms with Crippen LogP contribution in [0, 0.1) is 0 Å². The van der Waals surface area contributed by atoms with E-state index < -0.39 is 0 Å². The molecule has 4 nitrogen and oxygen atoms in total. The number of carbonyl (C=O) groups excluding carboxylic acids is 1. The third kappa shape index (κ3) is 3.12. The lowest BCUT2D eigenvalue weighted by Crippen LogP contribution is -2.50. The molecule has 1 amide bonds. The molecule has 0 aromatic carbocycles. The zero-order valence-corrected chi connectivity index (χ0v) is 10.4. The third-order valence-corrected chi connectivity index (χ3v) is 4.45. The smallest absolute Gasteiger partial charge is 0.231 e. The molecule has 5 heteroatoms. The maximum atomic E-state index is 10.7. The molecule has 0 aliphatic carbocycles. The summed E-state index contributed by atoms with van der Waals surface area (Å²) in [6.07, 6.45) is 4.31. The van der Waals surface area contributed by atoms with Crippen LogP contribution in [0.2, 0.25) is 0 Å². The molecule has 1 unspecified atom stereocenters. The minimum atomic E-state index is -0.278. The van der Waals surface area contributed by atoms with Gasteiger partial charge in [-0.25, -0.2) is 0 Å². The molecule has 0 bridgehead atoms. The Bertz CT molecular complexity index is 249. The highest BCUT2D eigenvalue weighted by Gasteiger charge is 2.38.